The zero-order valence-corrected chi connectivity index (χ0v) is 16.2. The van der Waals surface area contributed by atoms with Crippen molar-refractivity contribution >= 4 is 33.7 Å². The van der Waals surface area contributed by atoms with E-state index < -0.39 is 5.97 Å². The fourth-order valence-electron chi connectivity index (χ4n) is 4.69. The minimum absolute atomic E-state index is 0.257. The molecule has 1 aliphatic carbocycles. The fourth-order valence-corrected chi connectivity index (χ4v) is 4.69. The minimum Gasteiger partial charge on any atom is -0.478 e. The molecule has 0 spiro atoms. The second kappa shape index (κ2) is 7.61. The number of anilines is 1. The maximum Gasteiger partial charge on any atom is 0.335 e. The number of carboxylic acid groups (broad SMARTS) is 1. The molecule has 1 aliphatic heterocycles. The topological polar surface area (TPSA) is 103 Å². The maximum atomic E-state index is 11.3. The van der Waals surface area contributed by atoms with Gasteiger partial charge in [-0.25, -0.2) is 14.8 Å². The van der Waals surface area contributed by atoms with Gasteiger partial charge in [0.15, 0.2) is 0 Å². The molecule has 1 saturated carbocycles. The molecule has 3 N–H and O–H groups in total. The van der Waals surface area contributed by atoms with E-state index in [1.807, 2.05) is 6.07 Å². The second-order valence-corrected chi connectivity index (χ2v) is 7.93. The van der Waals surface area contributed by atoms with Gasteiger partial charge in [-0.3, -0.25) is 4.90 Å². The smallest absolute Gasteiger partial charge is 0.335 e. The number of nitrogens with one attached hydrogen (secondary N) is 2. The van der Waals surface area contributed by atoms with Crippen LogP contribution in [0.5, 0.6) is 0 Å². The van der Waals surface area contributed by atoms with Crippen molar-refractivity contribution in [2.75, 3.05) is 31.6 Å². The number of carboxylic acids is 1. The lowest BCUT2D eigenvalue weighted by atomic mass is 9.90. The Morgan fingerprint density at radius 2 is 1.97 bits per heavy atom. The third-order valence-electron chi connectivity index (χ3n) is 6.24. The molecule has 0 unspecified atom stereocenters. The van der Waals surface area contributed by atoms with Gasteiger partial charge < -0.3 is 20.1 Å². The molecular weight excluding hydrogens is 370 g/mol. The van der Waals surface area contributed by atoms with Crippen LogP contribution in [-0.4, -0.2) is 69.3 Å². The zero-order chi connectivity index (χ0) is 19.8. The first-order valence-corrected chi connectivity index (χ1v) is 10.3. The van der Waals surface area contributed by atoms with Crippen molar-refractivity contribution in [1.82, 2.24) is 19.9 Å². The lowest BCUT2D eigenvalue weighted by molar-refractivity contribution is 0.00791. The van der Waals surface area contributed by atoms with Crippen molar-refractivity contribution in [2.45, 2.75) is 37.8 Å². The monoisotopic (exact) mass is 395 g/mol. The summed E-state index contributed by atoms with van der Waals surface area (Å²) < 4.78 is 5.48. The number of aromatic nitrogens is 3. The molecule has 2 fully saturated rings. The highest BCUT2D eigenvalue weighted by Gasteiger charge is 2.27. The number of morpholine rings is 1. The lowest BCUT2D eigenvalue weighted by Crippen LogP contribution is -2.46. The maximum absolute atomic E-state index is 11.3. The molecule has 5 rings (SSSR count). The molecule has 0 amide bonds. The molecule has 0 atom stereocenters. The van der Waals surface area contributed by atoms with Gasteiger partial charge >= 0.3 is 5.97 Å². The Bertz CT molecular complexity index is 1040. The zero-order valence-electron chi connectivity index (χ0n) is 16.2. The number of rotatable bonds is 4. The molecule has 1 aromatic carbocycles. The first-order chi connectivity index (χ1) is 14.2. The molecule has 8 heteroatoms. The first-order valence-electron chi connectivity index (χ1n) is 10.3. The summed E-state index contributed by atoms with van der Waals surface area (Å²) in [6, 6.07) is 6.15. The molecule has 2 aromatic heterocycles. The summed E-state index contributed by atoms with van der Waals surface area (Å²) >= 11 is 0. The highest BCUT2D eigenvalue weighted by atomic mass is 16.5. The van der Waals surface area contributed by atoms with Crippen LogP contribution < -0.4 is 5.32 Å². The van der Waals surface area contributed by atoms with Crippen LogP contribution in [-0.2, 0) is 4.74 Å². The van der Waals surface area contributed by atoms with Gasteiger partial charge in [0.05, 0.1) is 24.2 Å². The summed E-state index contributed by atoms with van der Waals surface area (Å²) in [5, 5.41) is 14.7. The molecule has 0 bridgehead atoms. The number of carbonyl (C=O) groups is 1. The van der Waals surface area contributed by atoms with E-state index in [2.05, 4.69) is 25.2 Å². The van der Waals surface area contributed by atoms with E-state index >= 15 is 0 Å². The minimum atomic E-state index is -0.938. The predicted molar refractivity (Wildman–Crippen MR) is 110 cm³/mol. The third-order valence-corrected chi connectivity index (χ3v) is 6.24. The van der Waals surface area contributed by atoms with Gasteiger partial charge in [-0.15, -0.1) is 0 Å². The fraction of sp³-hybridized carbons (Fsp3) is 0.476. The molecule has 29 heavy (non-hydrogen) atoms. The quantitative estimate of drug-likeness (QED) is 0.624. The third kappa shape index (κ3) is 3.54. The van der Waals surface area contributed by atoms with Crippen LogP contribution in [0, 0.1) is 0 Å². The number of benzene rings is 1. The van der Waals surface area contributed by atoms with Gasteiger partial charge in [0.25, 0.3) is 0 Å². The van der Waals surface area contributed by atoms with Gasteiger partial charge in [0, 0.05) is 36.1 Å². The van der Waals surface area contributed by atoms with Crippen molar-refractivity contribution in [1.29, 1.82) is 0 Å². The number of fused-ring (bicyclic) bond motifs is 3. The summed E-state index contributed by atoms with van der Waals surface area (Å²) in [6.07, 6.45) is 6.14. The SMILES string of the molecule is O=C(O)c1ccc2c(c1)[nH]c1ncnc(N[C@H]3CC[C@H](N4CCOCC4)CC3)c12. The summed E-state index contributed by atoms with van der Waals surface area (Å²) in [5.74, 6) is -0.119. The molecule has 1 saturated heterocycles. The van der Waals surface area contributed by atoms with Gasteiger partial charge in [-0.05, 0) is 37.8 Å². The molecule has 3 heterocycles. The number of hydrogen-bond donors (Lipinski definition) is 3. The van der Waals surface area contributed by atoms with Crippen molar-refractivity contribution < 1.29 is 14.6 Å². The summed E-state index contributed by atoms with van der Waals surface area (Å²) in [5.41, 5.74) is 1.74. The van der Waals surface area contributed by atoms with Crippen LogP contribution >= 0.6 is 0 Å². The number of aromatic carboxylic acids is 1. The summed E-state index contributed by atoms with van der Waals surface area (Å²) in [7, 11) is 0. The number of nitrogens with zero attached hydrogens (tertiary/aromatic N) is 3. The van der Waals surface area contributed by atoms with E-state index in [1.54, 1.807) is 18.5 Å². The second-order valence-electron chi connectivity index (χ2n) is 7.93. The average molecular weight is 395 g/mol. The van der Waals surface area contributed by atoms with Crippen molar-refractivity contribution in [3.05, 3.63) is 30.1 Å². The Kier molecular flexibility index (Phi) is 4.81. The Morgan fingerprint density at radius 3 is 2.72 bits per heavy atom. The molecule has 152 valence electrons. The molecule has 2 aliphatic rings. The van der Waals surface area contributed by atoms with Gasteiger partial charge in [0.2, 0.25) is 0 Å². The molecule has 3 aromatic rings. The van der Waals surface area contributed by atoms with Crippen molar-refractivity contribution in [2.24, 2.45) is 0 Å². The number of ether oxygens (including phenoxy) is 1. The van der Waals surface area contributed by atoms with Crippen molar-refractivity contribution in [3.63, 3.8) is 0 Å². The van der Waals surface area contributed by atoms with Crippen LogP contribution in [0.3, 0.4) is 0 Å². The van der Waals surface area contributed by atoms with Crippen molar-refractivity contribution in [3.8, 4) is 0 Å². The Morgan fingerprint density at radius 1 is 1.17 bits per heavy atom. The largest absolute Gasteiger partial charge is 0.478 e. The Hall–Kier alpha value is -2.71. The molecular formula is C21H25N5O3. The van der Waals surface area contributed by atoms with E-state index in [1.165, 1.54) is 12.8 Å². The average Bonchev–Trinajstić information content (AvgIpc) is 3.13. The van der Waals surface area contributed by atoms with Gasteiger partial charge in [-0.1, -0.05) is 6.07 Å². The normalized spacial score (nSPS) is 23.4. The van der Waals surface area contributed by atoms with Crippen LogP contribution in [0.2, 0.25) is 0 Å². The number of aromatic amines is 1. The van der Waals surface area contributed by atoms with E-state index in [4.69, 9.17) is 4.74 Å². The molecule has 0 radical (unpaired) electrons. The Labute approximate surface area is 168 Å². The highest BCUT2D eigenvalue weighted by Crippen LogP contribution is 2.32. The van der Waals surface area contributed by atoms with E-state index in [9.17, 15) is 9.90 Å². The van der Waals surface area contributed by atoms with Crippen LogP contribution in [0.25, 0.3) is 21.9 Å². The van der Waals surface area contributed by atoms with E-state index in [-0.39, 0.29) is 5.56 Å². The summed E-state index contributed by atoms with van der Waals surface area (Å²) in [4.78, 5) is 25.9. The number of H-pyrrole nitrogens is 1. The van der Waals surface area contributed by atoms with E-state index in [0.29, 0.717) is 12.1 Å². The van der Waals surface area contributed by atoms with Crippen LogP contribution in [0.4, 0.5) is 5.82 Å². The summed E-state index contributed by atoms with van der Waals surface area (Å²) in [6.45, 7) is 3.79. The predicted octanol–water partition coefficient (Wildman–Crippen LogP) is 2.86. The lowest BCUT2D eigenvalue weighted by Gasteiger charge is -2.39. The Balaban J connectivity index is 1.35. The van der Waals surface area contributed by atoms with Gasteiger partial charge in [0.1, 0.15) is 17.8 Å². The molecule has 8 nitrogen and oxygen atoms in total. The van der Waals surface area contributed by atoms with Crippen LogP contribution in [0.15, 0.2) is 24.5 Å². The standard InChI is InChI=1S/C21H25N5O3/c27-21(28)13-1-6-16-17(11-13)25-20-18(16)19(22-12-23-20)24-14-2-4-15(5-3-14)26-7-9-29-10-8-26/h1,6,11-12,14-15H,2-5,7-10H2,(H,27,28)(H2,22,23,24,25)/t14-,15-. The van der Waals surface area contributed by atoms with E-state index in [0.717, 1.165) is 66.9 Å². The highest BCUT2D eigenvalue weighted by molar-refractivity contribution is 6.12. The van der Waals surface area contributed by atoms with Crippen LogP contribution in [0.1, 0.15) is 36.0 Å². The van der Waals surface area contributed by atoms with Gasteiger partial charge in [-0.2, -0.15) is 0 Å². The first kappa shape index (κ1) is 18.3. The number of hydrogen-bond acceptors (Lipinski definition) is 6.